The maximum absolute atomic E-state index is 11.7. The normalized spacial score (nSPS) is 13.6. The molecule has 0 unspecified atom stereocenters. The monoisotopic (exact) mass is 243 g/mol. The highest BCUT2D eigenvalue weighted by Crippen LogP contribution is 2.21. The third-order valence-corrected chi connectivity index (χ3v) is 2.17. The lowest BCUT2D eigenvalue weighted by atomic mass is 10.4. The van der Waals surface area contributed by atoms with Gasteiger partial charge in [0.15, 0.2) is 0 Å². The summed E-state index contributed by atoms with van der Waals surface area (Å²) in [6.07, 6.45) is 4.66. The lowest BCUT2D eigenvalue weighted by Crippen LogP contribution is -2.39. The fourth-order valence-electron chi connectivity index (χ4n) is 0.478. The lowest BCUT2D eigenvalue weighted by Gasteiger charge is -2.06. The molecule has 0 aromatic rings. The molecule has 0 saturated carbocycles. The van der Waals surface area contributed by atoms with E-state index in [9.17, 15) is 26.4 Å². The summed E-state index contributed by atoms with van der Waals surface area (Å²) >= 11 is 0. The Morgan fingerprint density at radius 3 is 2.20 bits per heavy atom. The molecule has 1 amide bonds. The van der Waals surface area contributed by atoms with Crippen molar-refractivity contribution in [2.75, 3.05) is 0 Å². The quantitative estimate of drug-likeness (QED) is 0.596. The van der Waals surface area contributed by atoms with Crippen LogP contribution in [0.2, 0.25) is 0 Å². The van der Waals surface area contributed by atoms with E-state index < -0.39 is 21.4 Å². The predicted molar refractivity (Wildman–Crippen MR) is 47.1 cm³/mol. The molecule has 8 heteroatoms. The van der Waals surface area contributed by atoms with Crippen molar-refractivity contribution in [3.8, 4) is 0 Å². The second-order valence-electron chi connectivity index (χ2n) is 2.30. The van der Waals surface area contributed by atoms with Crippen LogP contribution in [0.4, 0.5) is 13.2 Å². The number of carbonyl (C=O) groups is 1. The summed E-state index contributed by atoms with van der Waals surface area (Å²) in [5, 5.41) is 0. The van der Waals surface area contributed by atoms with Crippen molar-refractivity contribution in [3.05, 3.63) is 24.3 Å². The zero-order valence-electron chi connectivity index (χ0n) is 7.58. The van der Waals surface area contributed by atoms with Gasteiger partial charge in [-0.3, -0.25) is 4.79 Å². The van der Waals surface area contributed by atoms with Gasteiger partial charge >= 0.3 is 15.5 Å². The molecule has 0 radical (unpaired) electrons. The first-order valence-corrected chi connectivity index (χ1v) is 5.11. The summed E-state index contributed by atoms with van der Waals surface area (Å²) < 4.78 is 56.8. The van der Waals surface area contributed by atoms with E-state index >= 15 is 0 Å². The number of halogens is 3. The molecule has 0 aliphatic rings. The number of amides is 1. The van der Waals surface area contributed by atoms with E-state index in [0.717, 1.165) is 10.8 Å². The highest BCUT2D eigenvalue weighted by Gasteiger charge is 2.46. The number of hydrogen-bond donors (Lipinski definition) is 1. The van der Waals surface area contributed by atoms with Crippen LogP contribution in [0, 0.1) is 0 Å². The number of alkyl halides is 3. The molecule has 0 aliphatic heterocycles. The minimum Gasteiger partial charge on any atom is -0.269 e. The van der Waals surface area contributed by atoms with Crippen LogP contribution in [0.5, 0.6) is 0 Å². The van der Waals surface area contributed by atoms with E-state index in [1.54, 1.807) is 6.92 Å². The van der Waals surface area contributed by atoms with E-state index in [1.807, 2.05) is 0 Å². The molecular formula is C7H8F3NO3S. The molecular weight excluding hydrogens is 235 g/mol. The zero-order chi connectivity index (χ0) is 12.1. The Labute approximate surface area is 84.5 Å². The van der Waals surface area contributed by atoms with Gasteiger partial charge in [-0.05, 0) is 6.92 Å². The summed E-state index contributed by atoms with van der Waals surface area (Å²) in [4.78, 5) is 10.7. The average molecular weight is 243 g/mol. The topological polar surface area (TPSA) is 63.2 Å². The van der Waals surface area contributed by atoms with Crippen LogP contribution in [0.15, 0.2) is 24.3 Å². The Balaban J connectivity index is 4.57. The second kappa shape index (κ2) is 4.96. The molecule has 1 N–H and O–H groups in total. The molecule has 4 nitrogen and oxygen atoms in total. The van der Waals surface area contributed by atoms with Gasteiger partial charge in [-0.15, -0.1) is 0 Å². The highest BCUT2D eigenvalue weighted by atomic mass is 32.2. The minimum absolute atomic E-state index is 0.670. The van der Waals surface area contributed by atoms with E-state index in [4.69, 9.17) is 0 Å². The molecule has 0 aromatic carbocycles. The van der Waals surface area contributed by atoms with E-state index in [1.165, 1.54) is 12.2 Å². The van der Waals surface area contributed by atoms with Crippen LogP contribution < -0.4 is 4.72 Å². The van der Waals surface area contributed by atoms with Crippen molar-refractivity contribution in [2.45, 2.75) is 12.4 Å². The summed E-state index contributed by atoms with van der Waals surface area (Å²) in [6, 6.07) is 0. The van der Waals surface area contributed by atoms with Gasteiger partial charge in [-0.2, -0.15) is 21.6 Å². The minimum atomic E-state index is -5.61. The van der Waals surface area contributed by atoms with Gasteiger partial charge in [0.05, 0.1) is 0 Å². The summed E-state index contributed by atoms with van der Waals surface area (Å²) in [7, 11) is -5.61. The van der Waals surface area contributed by atoms with Gasteiger partial charge in [-0.25, -0.2) is 4.72 Å². The zero-order valence-corrected chi connectivity index (χ0v) is 8.39. The molecule has 0 spiro atoms. The Morgan fingerprint density at radius 2 is 1.80 bits per heavy atom. The number of allylic oxidation sites excluding steroid dienone is 3. The van der Waals surface area contributed by atoms with Crippen LogP contribution in [-0.4, -0.2) is 19.8 Å². The molecule has 0 rings (SSSR count). The predicted octanol–water partition coefficient (Wildman–Crippen LogP) is 1.08. The van der Waals surface area contributed by atoms with Gasteiger partial charge < -0.3 is 0 Å². The van der Waals surface area contributed by atoms with Crippen molar-refractivity contribution in [3.63, 3.8) is 0 Å². The summed E-state index contributed by atoms with van der Waals surface area (Å²) in [5.41, 5.74) is -5.49. The van der Waals surface area contributed by atoms with Gasteiger partial charge in [0.2, 0.25) is 0 Å². The Morgan fingerprint density at radius 1 is 1.27 bits per heavy atom. The van der Waals surface area contributed by atoms with E-state index in [2.05, 4.69) is 0 Å². The van der Waals surface area contributed by atoms with Crippen molar-refractivity contribution in [2.24, 2.45) is 0 Å². The largest absolute Gasteiger partial charge is 0.516 e. The lowest BCUT2D eigenvalue weighted by molar-refractivity contribution is -0.115. The average Bonchev–Trinajstić information content (AvgIpc) is 2.01. The summed E-state index contributed by atoms with van der Waals surface area (Å²) in [5.74, 6) is -1.36. The number of carbonyl (C=O) groups excluding carboxylic acids is 1. The van der Waals surface area contributed by atoms with Crippen LogP contribution in [0.1, 0.15) is 6.92 Å². The van der Waals surface area contributed by atoms with Crippen LogP contribution in [0.25, 0.3) is 0 Å². The molecule has 0 atom stereocenters. The number of sulfonamides is 1. The van der Waals surface area contributed by atoms with Crippen molar-refractivity contribution in [1.29, 1.82) is 0 Å². The number of nitrogens with one attached hydrogen (secondary N) is 1. The van der Waals surface area contributed by atoms with Crippen LogP contribution in [-0.2, 0) is 14.8 Å². The third kappa shape index (κ3) is 4.63. The Bertz CT molecular complexity index is 381. The molecule has 0 heterocycles. The summed E-state index contributed by atoms with van der Waals surface area (Å²) in [6.45, 7) is 1.62. The molecule has 0 aromatic heterocycles. The first-order chi connectivity index (χ1) is 6.70. The van der Waals surface area contributed by atoms with Crippen molar-refractivity contribution >= 4 is 15.9 Å². The Hall–Kier alpha value is -1.31. The van der Waals surface area contributed by atoms with Crippen LogP contribution in [0.3, 0.4) is 0 Å². The first-order valence-electron chi connectivity index (χ1n) is 3.63. The first kappa shape index (κ1) is 13.7. The van der Waals surface area contributed by atoms with Crippen molar-refractivity contribution < 1.29 is 26.4 Å². The van der Waals surface area contributed by atoms with E-state index in [-0.39, 0.29) is 0 Å². The standard InChI is InChI=1S/C7H8F3NO3S/c1-2-3-4-5-6(12)11-15(13,14)7(8,9)10/h2-5H,1H3,(H,11,12)/b3-2+,5-4+. The van der Waals surface area contributed by atoms with Crippen LogP contribution >= 0.6 is 0 Å². The molecule has 0 fully saturated rings. The fourth-order valence-corrected chi connectivity index (χ4v) is 0.927. The van der Waals surface area contributed by atoms with Gasteiger partial charge in [0.25, 0.3) is 5.91 Å². The van der Waals surface area contributed by atoms with Gasteiger partial charge in [0.1, 0.15) is 0 Å². The van der Waals surface area contributed by atoms with E-state index in [0.29, 0.717) is 6.08 Å². The molecule has 0 aliphatic carbocycles. The SMILES string of the molecule is C/C=C/C=C/C(=O)NS(=O)(=O)C(F)(F)F. The highest BCUT2D eigenvalue weighted by molar-refractivity contribution is 7.90. The molecule has 86 valence electrons. The maximum atomic E-state index is 11.7. The number of rotatable bonds is 3. The Kier molecular flexibility index (Phi) is 4.53. The maximum Gasteiger partial charge on any atom is 0.516 e. The second-order valence-corrected chi connectivity index (χ2v) is 3.97. The van der Waals surface area contributed by atoms with Crippen molar-refractivity contribution in [1.82, 2.24) is 4.72 Å². The fraction of sp³-hybridized carbons (Fsp3) is 0.286. The molecule has 15 heavy (non-hydrogen) atoms. The molecule has 0 saturated heterocycles. The van der Waals surface area contributed by atoms with Gasteiger partial charge in [0, 0.05) is 6.08 Å². The number of hydrogen-bond acceptors (Lipinski definition) is 3. The third-order valence-electron chi connectivity index (χ3n) is 1.09. The van der Waals surface area contributed by atoms with Gasteiger partial charge in [-0.1, -0.05) is 18.2 Å². The smallest absolute Gasteiger partial charge is 0.269 e. The molecule has 0 bridgehead atoms.